The monoisotopic (exact) mass is 474 g/mol. The van der Waals surface area contributed by atoms with Crippen LogP contribution in [0.25, 0.3) is 0 Å². The molecule has 0 unspecified atom stereocenters. The first kappa shape index (κ1) is 24.2. The molecule has 19 heavy (non-hydrogen) atoms. The summed E-state index contributed by atoms with van der Waals surface area (Å²) in [6.45, 7) is 18.3. The molecule has 5 heteroatoms. The number of hydrogen-bond acceptors (Lipinski definition) is 0. The molecule has 0 aliphatic heterocycles. The Hall–Kier alpha value is 0.209. The van der Waals surface area contributed by atoms with Gasteiger partial charge in [0.05, 0.1) is 0 Å². The summed E-state index contributed by atoms with van der Waals surface area (Å²) in [6.07, 6.45) is 2.43. The van der Waals surface area contributed by atoms with Crippen LogP contribution in [-0.4, -0.2) is 26.7 Å². The fourth-order valence-corrected chi connectivity index (χ4v) is 3.17. The molecule has 0 fully saturated rings. The number of benzene rings is 1. The van der Waals surface area contributed by atoms with E-state index in [4.69, 9.17) is 9.30 Å². The minimum atomic E-state index is 0. The van der Waals surface area contributed by atoms with Gasteiger partial charge < -0.3 is 0 Å². The third-order valence-electron chi connectivity index (χ3n) is 1.89. The molecule has 0 aromatic heterocycles. The molecule has 0 amide bonds. The molecule has 0 aliphatic rings. The van der Waals surface area contributed by atoms with Crippen LogP contribution in [0.4, 0.5) is 0 Å². The second-order valence-corrected chi connectivity index (χ2v) is 9.13. The SMILES string of the molecule is CP(C)Cc1[c-]c(CP(C)C)ccc1.[C-]#[O+].[C-]#[O+].[Ir]. The quantitative estimate of drug-likeness (QED) is 0.362. The van der Waals surface area contributed by atoms with Crippen molar-refractivity contribution < 1.29 is 29.4 Å². The van der Waals surface area contributed by atoms with Gasteiger partial charge in [0.15, 0.2) is 0 Å². The van der Waals surface area contributed by atoms with Crippen molar-refractivity contribution >= 4 is 15.8 Å². The Morgan fingerprint density at radius 1 is 0.895 bits per heavy atom. The van der Waals surface area contributed by atoms with Crippen LogP contribution >= 0.6 is 15.8 Å². The Kier molecular flexibility index (Phi) is 20.8. The van der Waals surface area contributed by atoms with Crippen LogP contribution in [0.3, 0.4) is 0 Å². The van der Waals surface area contributed by atoms with Gasteiger partial charge in [0.2, 0.25) is 0 Å². The van der Waals surface area contributed by atoms with Gasteiger partial charge >= 0.3 is 22.6 Å². The minimum Gasteiger partial charge on any atom is 0 e. The van der Waals surface area contributed by atoms with Crippen molar-refractivity contribution in [3.8, 4) is 0 Å². The van der Waals surface area contributed by atoms with E-state index in [9.17, 15) is 0 Å². The molecule has 0 bridgehead atoms. The molecule has 1 radical (unpaired) electrons. The zero-order valence-corrected chi connectivity index (χ0v) is 15.9. The molecule has 0 N–H and O–H groups in total. The molecule has 0 aliphatic carbocycles. The summed E-state index contributed by atoms with van der Waals surface area (Å²) >= 11 is 0. The number of hydrogen-bond donors (Lipinski definition) is 0. The standard InChI is InChI=1S/C12H19P2.2CO.Ir/c1-13(2)9-11-6-5-7-12(8-11)10-14(3)4;2*1-2;/h5-7H,9-10H2,1-4H3;;;/q-1;;;. The van der Waals surface area contributed by atoms with Crippen molar-refractivity contribution in [1.29, 1.82) is 0 Å². The van der Waals surface area contributed by atoms with E-state index in [2.05, 4.69) is 64.2 Å². The Labute approximate surface area is 133 Å². The van der Waals surface area contributed by atoms with Gasteiger partial charge in [0, 0.05) is 20.1 Å². The summed E-state index contributed by atoms with van der Waals surface area (Å²) in [5.41, 5.74) is 2.80. The Morgan fingerprint density at radius 3 is 1.47 bits per heavy atom. The van der Waals surface area contributed by atoms with Gasteiger partial charge in [-0.2, -0.15) is 35.4 Å². The van der Waals surface area contributed by atoms with Gasteiger partial charge in [-0.3, -0.25) is 0 Å². The van der Waals surface area contributed by atoms with Crippen molar-refractivity contribution in [2.45, 2.75) is 12.3 Å². The first-order valence-corrected chi connectivity index (χ1v) is 10.1. The molecule has 107 valence electrons. The van der Waals surface area contributed by atoms with E-state index in [0.717, 1.165) is 0 Å². The fourth-order valence-electron chi connectivity index (χ4n) is 1.44. The molecule has 0 spiro atoms. The Balaban J connectivity index is -0.000000467. The van der Waals surface area contributed by atoms with Crippen molar-refractivity contribution in [2.24, 2.45) is 0 Å². The van der Waals surface area contributed by atoms with Crippen LogP contribution in [0.2, 0.25) is 0 Å². The maximum absolute atomic E-state index is 7.50. The van der Waals surface area contributed by atoms with Crippen LogP contribution in [0.5, 0.6) is 0 Å². The molecule has 1 aromatic rings. The van der Waals surface area contributed by atoms with E-state index >= 15 is 0 Å². The van der Waals surface area contributed by atoms with Gasteiger partial charge in [0.25, 0.3) is 0 Å². The van der Waals surface area contributed by atoms with Crippen molar-refractivity contribution in [2.75, 3.05) is 26.7 Å². The summed E-state index contributed by atoms with van der Waals surface area (Å²) in [6, 6.07) is 10.1. The van der Waals surface area contributed by atoms with E-state index in [0.29, 0.717) is 0 Å². The average molecular weight is 473 g/mol. The smallest absolute Gasteiger partial charge is 0 e. The van der Waals surface area contributed by atoms with E-state index in [1.165, 1.54) is 23.5 Å². The fraction of sp³-hybridized carbons (Fsp3) is 0.429. The van der Waals surface area contributed by atoms with E-state index in [1.807, 2.05) is 0 Å². The molecule has 0 saturated heterocycles. The van der Waals surface area contributed by atoms with E-state index < -0.39 is 0 Å². The second-order valence-electron chi connectivity index (χ2n) is 4.18. The molecule has 1 rings (SSSR count). The first-order chi connectivity index (χ1) is 8.58. The maximum Gasteiger partial charge on any atom is 0 e. The van der Waals surface area contributed by atoms with Gasteiger partial charge in [-0.25, -0.2) is 0 Å². The summed E-state index contributed by atoms with van der Waals surface area (Å²) in [5, 5.41) is 0. The van der Waals surface area contributed by atoms with Gasteiger partial charge in [-0.1, -0.05) is 0 Å². The zero-order chi connectivity index (χ0) is 14.6. The van der Waals surface area contributed by atoms with Crippen LogP contribution in [0, 0.1) is 19.4 Å². The van der Waals surface area contributed by atoms with E-state index in [1.54, 1.807) is 0 Å². The number of rotatable bonds is 4. The first-order valence-electron chi connectivity index (χ1n) is 5.28. The normalized spacial score (nSPS) is 8.53. The molecule has 2 nitrogen and oxygen atoms in total. The van der Waals surface area contributed by atoms with Crippen LogP contribution in [0.15, 0.2) is 18.2 Å². The zero-order valence-electron chi connectivity index (χ0n) is 11.7. The minimum absolute atomic E-state index is 0. The van der Waals surface area contributed by atoms with Gasteiger partial charge in [-0.15, -0.1) is 15.8 Å². The van der Waals surface area contributed by atoms with Crippen molar-refractivity contribution in [1.82, 2.24) is 0 Å². The summed E-state index contributed by atoms with van der Waals surface area (Å²) in [5.74, 6) is 0. The summed E-state index contributed by atoms with van der Waals surface area (Å²) in [7, 11) is 0.329. The van der Waals surface area contributed by atoms with Crippen LogP contribution < -0.4 is 0 Å². The third kappa shape index (κ3) is 14.4. The third-order valence-corrected chi connectivity index (χ3v) is 3.84. The second kappa shape index (κ2) is 16.3. The predicted molar refractivity (Wildman–Crippen MR) is 78.1 cm³/mol. The molecule has 0 saturated carbocycles. The molecular weight excluding hydrogens is 454 g/mol. The topological polar surface area (TPSA) is 39.8 Å². The molecule has 0 atom stereocenters. The Morgan fingerprint density at radius 2 is 1.21 bits per heavy atom. The Bertz CT molecular complexity index is 331. The van der Waals surface area contributed by atoms with Gasteiger partial charge in [0.1, 0.15) is 0 Å². The van der Waals surface area contributed by atoms with Crippen LogP contribution in [0.1, 0.15) is 11.1 Å². The maximum atomic E-state index is 7.50. The van der Waals surface area contributed by atoms with Crippen LogP contribution in [-0.2, 0) is 41.7 Å². The van der Waals surface area contributed by atoms with Crippen molar-refractivity contribution in [3.63, 3.8) is 0 Å². The average Bonchev–Trinajstić information content (AvgIpc) is 2.33. The van der Waals surface area contributed by atoms with E-state index in [-0.39, 0.29) is 35.9 Å². The summed E-state index contributed by atoms with van der Waals surface area (Å²) < 4.78 is 15.0. The van der Waals surface area contributed by atoms with Crippen molar-refractivity contribution in [3.05, 3.63) is 48.7 Å². The molecular formula is C14H19IrO2P2-. The summed E-state index contributed by atoms with van der Waals surface area (Å²) in [4.78, 5) is 0. The predicted octanol–water partition coefficient (Wildman–Crippen LogP) is 3.89. The molecule has 0 heterocycles. The largest absolute Gasteiger partial charge is 0 e. The van der Waals surface area contributed by atoms with Gasteiger partial charge in [-0.05, 0) is 39.0 Å². The molecule has 1 aromatic carbocycles.